The van der Waals surface area contributed by atoms with Gasteiger partial charge in [0.2, 0.25) is 0 Å². The maximum Gasteiger partial charge on any atom is 0.335 e. The number of hydrogen-bond acceptors (Lipinski definition) is 4. The van der Waals surface area contributed by atoms with E-state index in [2.05, 4.69) is 4.90 Å². The standard InChI is InChI=1S/C18H21NO4/c1-22-12-15-7-8-17(23-15)16-6-3-9-19(16)11-13-4-2-5-14(10-13)18(20)21/h2,4-5,7-8,10,16H,3,6,9,11-12H2,1H3,(H,20,21). The Bertz CT molecular complexity index is 679. The number of carboxylic acid groups (broad SMARTS) is 1. The first-order valence-electron chi connectivity index (χ1n) is 7.81. The van der Waals surface area contributed by atoms with E-state index in [4.69, 9.17) is 14.3 Å². The third-order valence-electron chi connectivity index (χ3n) is 4.22. The predicted octanol–water partition coefficient (Wildman–Crippen LogP) is 3.46. The molecule has 1 unspecified atom stereocenters. The molecule has 0 aliphatic carbocycles. The zero-order valence-electron chi connectivity index (χ0n) is 13.2. The van der Waals surface area contributed by atoms with Gasteiger partial charge in [0.05, 0.1) is 11.6 Å². The van der Waals surface area contributed by atoms with E-state index < -0.39 is 5.97 Å². The lowest BCUT2D eigenvalue weighted by Crippen LogP contribution is -2.22. The highest BCUT2D eigenvalue weighted by molar-refractivity contribution is 5.87. The Hall–Kier alpha value is -2.11. The monoisotopic (exact) mass is 315 g/mol. The number of carboxylic acids is 1. The smallest absolute Gasteiger partial charge is 0.335 e. The van der Waals surface area contributed by atoms with Crippen LogP contribution in [-0.4, -0.2) is 29.6 Å². The molecule has 1 fully saturated rings. The third kappa shape index (κ3) is 3.63. The van der Waals surface area contributed by atoms with Crippen LogP contribution in [0.3, 0.4) is 0 Å². The fraction of sp³-hybridized carbons (Fsp3) is 0.389. The summed E-state index contributed by atoms with van der Waals surface area (Å²) in [6, 6.07) is 11.4. The van der Waals surface area contributed by atoms with E-state index >= 15 is 0 Å². The lowest BCUT2D eigenvalue weighted by Gasteiger charge is -2.23. The van der Waals surface area contributed by atoms with E-state index in [-0.39, 0.29) is 6.04 Å². The molecule has 1 aromatic heterocycles. The lowest BCUT2D eigenvalue weighted by molar-refractivity contribution is 0.0696. The molecule has 0 amide bonds. The summed E-state index contributed by atoms with van der Waals surface area (Å²) in [5.74, 6) is 0.909. The van der Waals surface area contributed by atoms with E-state index in [9.17, 15) is 4.79 Å². The van der Waals surface area contributed by atoms with Gasteiger partial charge < -0.3 is 14.3 Å². The first-order chi connectivity index (χ1) is 11.2. The Kier molecular flexibility index (Phi) is 4.79. The summed E-state index contributed by atoms with van der Waals surface area (Å²) in [6.45, 7) is 2.20. The van der Waals surface area contributed by atoms with Gasteiger partial charge in [0.1, 0.15) is 18.1 Å². The van der Waals surface area contributed by atoms with Crippen molar-refractivity contribution in [1.82, 2.24) is 4.90 Å². The molecule has 3 rings (SSSR count). The zero-order chi connectivity index (χ0) is 16.2. The van der Waals surface area contributed by atoms with E-state index in [0.29, 0.717) is 12.2 Å². The Morgan fingerprint density at radius 2 is 2.26 bits per heavy atom. The van der Waals surface area contributed by atoms with Crippen molar-refractivity contribution in [1.29, 1.82) is 0 Å². The molecule has 122 valence electrons. The van der Waals surface area contributed by atoms with Gasteiger partial charge in [-0.15, -0.1) is 0 Å². The van der Waals surface area contributed by atoms with E-state index in [1.54, 1.807) is 25.3 Å². The molecular formula is C18H21NO4. The van der Waals surface area contributed by atoms with Crippen LogP contribution in [0.25, 0.3) is 0 Å². The Morgan fingerprint density at radius 1 is 1.39 bits per heavy atom. The lowest BCUT2D eigenvalue weighted by atomic mass is 10.1. The van der Waals surface area contributed by atoms with Crippen LogP contribution in [0.4, 0.5) is 0 Å². The number of carbonyl (C=O) groups is 1. The van der Waals surface area contributed by atoms with Crippen LogP contribution in [0.5, 0.6) is 0 Å². The molecule has 0 radical (unpaired) electrons. The number of methoxy groups -OCH3 is 1. The van der Waals surface area contributed by atoms with E-state index in [1.165, 1.54) is 0 Å². The first kappa shape index (κ1) is 15.8. The Morgan fingerprint density at radius 3 is 3.04 bits per heavy atom. The minimum Gasteiger partial charge on any atom is -0.478 e. The van der Waals surface area contributed by atoms with Crippen molar-refractivity contribution in [2.75, 3.05) is 13.7 Å². The van der Waals surface area contributed by atoms with Gasteiger partial charge in [-0.2, -0.15) is 0 Å². The van der Waals surface area contributed by atoms with Crippen LogP contribution in [0, 0.1) is 0 Å². The number of aromatic carboxylic acids is 1. The van der Waals surface area contributed by atoms with E-state index in [0.717, 1.165) is 43.0 Å². The van der Waals surface area contributed by atoms with Crippen molar-refractivity contribution in [2.45, 2.75) is 32.0 Å². The zero-order valence-corrected chi connectivity index (χ0v) is 13.2. The fourth-order valence-corrected chi connectivity index (χ4v) is 3.17. The summed E-state index contributed by atoms with van der Waals surface area (Å²) in [4.78, 5) is 13.4. The highest BCUT2D eigenvalue weighted by Crippen LogP contribution is 2.34. The number of hydrogen-bond donors (Lipinski definition) is 1. The highest BCUT2D eigenvalue weighted by atomic mass is 16.5. The molecule has 1 aliphatic heterocycles. The molecule has 0 saturated carbocycles. The van der Waals surface area contributed by atoms with E-state index in [1.807, 2.05) is 18.2 Å². The van der Waals surface area contributed by atoms with Crippen LogP contribution in [0.2, 0.25) is 0 Å². The van der Waals surface area contributed by atoms with Crippen LogP contribution < -0.4 is 0 Å². The summed E-state index contributed by atoms with van der Waals surface area (Å²) in [5.41, 5.74) is 1.35. The topological polar surface area (TPSA) is 62.9 Å². The average Bonchev–Trinajstić information content (AvgIpc) is 3.17. The van der Waals surface area contributed by atoms with Crippen LogP contribution >= 0.6 is 0 Å². The SMILES string of the molecule is COCc1ccc(C2CCCN2Cc2cccc(C(=O)O)c2)o1. The maximum atomic E-state index is 11.1. The van der Waals surface area contributed by atoms with Gasteiger partial charge in [0.25, 0.3) is 0 Å². The number of likely N-dealkylation sites (tertiary alicyclic amines) is 1. The molecule has 23 heavy (non-hydrogen) atoms. The molecular weight excluding hydrogens is 294 g/mol. The predicted molar refractivity (Wildman–Crippen MR) is 85.2 cm³/mol. The maximum absolute atomic E-state index is 11.1. The number of rotatable bonds is 6. The Labute approximate surface area is 135 Å². The van der Waals surface area contributed by atoms with Crippen molar-refractivity contribution in [3.05, 3.63) is 59.0 Å². The molecule has 1 N–H and O–H groups in total. The number of ether oxygens (including phenoxy) is 1. The van der Waals surface area contributed by atoms with Crippen LogP contribution in [-0.2, 0) is 17.9 Å². The van der Waals surface area contributed by atoms with Gasteiger partial charge in [-0.3, -0.25) is 4.90 Å². The molecule has 1 atom stereocenters. The molecule has 5 heteroatoms. The van der Waals surface area contributed by atoms with Crippen molar-refractivity contribution in [2.24, 2.45) is 0 Å². The number of furan rings is 1. The quantitative estimate of drug-likeness (QED) is 0.884. The summed E-state index contributed by atoms with van der Waals surface area (Å²) < 4.78 is 11.0. The second-order valence-electron chi connectivity index (χ2n) is 5.87. The summed E-state index contributed by atoms with van der Waals surface area (Å²) in [7, 11) is 1.65. The van der Waals surface area contributed by atoms with Crippen molar-refractivity contribution < 1.29 is 19.1 Å². The highest BCUT2D eigenvalue weighted by Gasteiger charge is 2.28. The second kappa shape index (κ2) is 6.98. The molecule has 1 aromatic carbocycles. The molecule has 2 aromatic rings. The van der Waals surface area contributed by atoms with Gasteiger partial charge in [-0.25, -0.2) is 4.79 Å². The van der Waals surface area contributed by atoms with Gasteiger partial charge in [-0.1, -0.05) is 12.1 Å². The van der Waals surface area contributed by atoms with Crippen LogP contribution in [0.15, 0.2) is 40.8 Å². The second-order valence-corrected chi connectivity index (χ2v) is 5.87. The summed E-state index contributed by atoms with van der Waals surface area (Å²) in [6.07, 6.45) is 2.17. The van der Waals surface area contributed by atoms with Gasteiger partial charge in [0.15, 0.2) is 0 Å². The summed E-state index contributed by atoms with van der Waals surface area (Å²) >= 11 is 0. The molecule has 2 heterocycles. The minimum absolute atomic E-state index is 0.245. The Balaban J connectivity index is 1.73. The molecule has 0 bridgehead atoms. The number of benzene rings is 1. The number of nitrogens with zero attached hydrogens (tertiary/aromatic N) is 1. The molecule has 5 nitrogen and oxygen atoms in total. The minimum atomic E-state index is -0.889. The van der Waals surface area contributed by atoms with Gasteiger partial charge in [0, 0.05) is 13.7 Å². The summed E-state index contributed by atoms with van der Waals surface area (Å²) in [5, 5.41) is 9.11. The van der Waals surface area contributed by atoms with Crippen molar-refractivity contribution >= 4 is 5.97 Å². The normalized spacial score (nSPS) is 18.4. The van der Waals surface area contributed by atoms with Crippen molar-refractivity contribution in [3.8, 4) is 0 Å². The fourth-order valence-electron chi connectivity index (χ4n) is 3.17. The first-order valence-corrected chi connectivity index (χ1v) is 7.81. The van der Waals surface area contributed by atoms with Gasteiger partial charge in [-0.05, 0) is 49.2 Å². The van der Waals surface area contributed by atoms with Gasteiger partial charge >= 0.3 is 5.97 Å². The average molecular weight is 315 g/mol. The molecule has 1 aliphatic rings. The van der Waals surface area contributed by atoms with Crippen LogP contribution in [0.1, 0.15) is 46.3 Å². The largest absolute Gasteiger partial charge is 0.478 e. The molecule has 0 spiro atoms. The molecule has 1 saturated heterocycles. The van der Waals surface area contributed by atoms with Crippen molar-refractivity contribution in [3.63, 3.8) is 0 Å². The third-order valence-corrected chi connectivity index (χ3v) is 4.22.